The smallest absolute Gasteiger partial charge is 0.383 e. The Balaban J connectivity index is 0.000000714. The summed E-state index contributed by atoms with van der Waals surface area (Å²) in [5, 5.41) is 0.382. The van der Waals surface area contributed by atoms with Gasteiger partial charge in [-0.25, -0.2) is 14.8 Å². The van der Waals surface area contributed by atoms with Gasteiger partial charge in [0.15, 0.2) is 0 Å². The molecule has 0 saturated carbocycles. The SMILES string of the molecule is CS(=O)(=O)O.Cn1c(=O)n(-c2ccc(C(F)(F)F)nc2)c2c3cc(-c4cnc(N)c(C(F)(F)F)c4)ccc3ncc21. The van der Waals surface area contributed by atoms with Crippen LogP contribution in [0.5, 0.6) is 0 Å². The number of alkyl halides is 6. The summed E-state index contributed by atoms with van der Waals surface area (Å²) in [5.74, 6) is -0.664. The van der Waals surface area contributed by atoms with Gasteiger partial charge in [0.1, 0.15) is 11.5 Å². The quantitative estimate of drug-likeness (QED) is 0.223. The molecule has 5 rings (SSSR count). The first-order valence-electron chi connectivity index (χ1n) is 11.2. The molecule has 4 aromatic heterocycles. The molecule has 0 radical (unpaired) electrons. The van der Waals surface area contributed by atoms with Gasteiger partial charge in [-0.3, -0.25) is 18.7 Å². The van der Waals surface area contributed by atoms with E-state index in [4.69, 9.17) is 10.3 Å². The van der Waals surface area contributed by atoms with E-state index in [1.165, 1.54) is 34.6 Å². The van der Waals surface area contributed by atoms with E-state index < -0.39 is 45.2 Å². The molecule has 0 amide bonds. The summed E-state index contributed by atoms with van der Waals surface area (Å²) in [7, 11) is -2.20. The standard InChI is InChI=1S/C23H14F6N6O.CH4O3S/c1-34-17-10-31-16-4-2-11(12-7-15(22(24,25)26)20(30)33-8-12)6-14(16)19(17)35(21(34)36)13-3-5-18(32-9-13)23(27,28)29;1-5(2,3)4/h2-10H,1H3,(H2,30,33);1H3,(H,2,3,4). The number of nitrogens with zero attached hydrogens (tertiary/aromatic N) is 5. The maximum absolute atomic E-state index is 13.3. The molecule has 10 nitrogen and oxygen atoms in total. The molecule has 0 aliphatic heterocycles. The van der Waals surface area contributed by atoms with Crippen LogP contribution in [0.25, 0.3) is 38.8 Å². The third-order valence-corrected chi connectivity index (χ3v) is 5.74. The Morgan fingerprint density at radius 2 is 1.54 bits per heavy atom. The van der Waals surface area contributed by atoms with E-state index in [-0.39, 0.29) is 11.3 Å². The van der Waals surface area contributed by atoms with E-state index in [2.05, 4.69) is 15.0 Å². The molecule has 0 aliphatic rings. The van der Waals surface area contributed by atoms with Crippen LogP contribution in [0.2, 0.25) is 0 Å². The minimum atomic E-state index is -4.71. The lowest BCUT2D eigenvalue weighted by atomic mass is 10.0. The van der Waals surface area contributed by atoms with E-state index >= 15 is 0 Å². The summed E-state index contributed by atoms with van der Waals surface area (Å²) in [6.45, 7) is 0. The number of pyridine rings is 3. The molecular formula is C24H18F6N6O4S. The van der Waals surface area contributed by atoms with E-state index in [1.807, 2.05) is 0 Å². The van der Waals surface area contributed by atoms with Crippen LogP contribution in [0.1, 0.15) is 11.3 Å². The zero-order chi connectivity index (χ0) is 30.5. The van der Waals surface area contributed by atoms with Crippen molar-refractivity contribution in [1.82, 2.24) is 24.1 Å². The molecule has 0 aliphatic carbocycles. The van der Waals surface area contributed by atoms with Crippen molar-refractivity contribution >= 4 is 37.9 Å². The van der Waals surface area contributed by atoms with Crippen molar-refractivity contribution in [3.63, 3.8) is 0 Å². The average Bonchev–Trinajstić information content (AvgIpc) is 3.12. The Morgan fingerprint density at radius 3 is 2.10 bits per heavy atom. The number of nitrogens with two attached hydrogens (primary N) is 1. The number of aromatic nitrogens is 5. The lowest BCUT2D eigenvalue weighted by Crippen LogP contribution is -2.21. The largest absolute Gasteiger partial charge is 0.433 e. The summed E-state index contributed by atoms with van der Waals surface area (Å²) in [4.78, 5) is 24.5. The number of halogens is 6. The number of rotatable bonds is 2. The van der Waals surface area contributed by atoms with Gasteiger partial charge in [0, 0.05) is 24.2 Å². The molecule has 1 aromatic carbocycles. The Bertz CT molecular complexity index is 1940. The van der Waals surface area contributed by atoms with Crippen molar-refractivity contribution in [3.8, 4) is 16.8 Å². The highest BCUT2D eigenvalue weighted by atomic mass is 32.2. The van der Waals surface area contributed by atoms with Gasteiger partial charge in [0.25, 0.3) is 10.1 Å². The van der Waals surface area contributed by atoms with Crippen molar-refractivity contribution in [2.24, 2.45) is 7.05 Å². The van der Waals surface area contributed by atoms with Crippen molar-refractivity contribution in [1.29, 1.82) is 0 Å². The molecule has 0 saturated heterocycles. The van der Waals surface area contributed by atoms with Crippen LogP contribution in [0.3, 0.4) is 0 Å². The van der Waals surface area contributed by atoms with Crippen LogP contribution >= 0.6 is 0 Å². The van der Waals surface area contributed by atoms with Crippen molar-refractivity contribution in [3.05, 3.63) is 76.7 Å². The third kappa shape index (κ3) is 6.14. The molecule has 3 N–H and O–H groups in total. The Morgan fingerprint density at radius 1 is 0.878 bits per heavy atom. The fourth-order valence-corrected chi connectivity index (χ4v) is 3.96. The van der Waals surface area contributed by atoms with Gasteiger partial charge in [0.2, 0.25) is 0 Å². The summed E-state index contributed by atoms with van der Waals surface area (Å²) in [5.41, 5.74) is 4.22. The average molecular weight is 601 g/mol. The molecule has 0 atom stereocenters. The first kappa shape index (κ1) is 29.5. The van der Waals surface area contributed by atoms with Crippen LogP contribution in [0.4, 0.5) is 32.2 Å². The van der Waals surface area contributed by atoms with E-state index in [1.54, 1.807) is 12.1 Å². The predicted octanol–water partition coefficient (Wildman–Crippen LogP) is 4.46. The fourth-order valence-electron chi connectivity index (χ4n) is 3.96. The van der Waals surface area contributed by atoms with Crippen LogP contribution in [-0.2, 0) is 29.5 Å². The van der Waals surface area contributed by atoms with Gasteiger partial charge >= 0.3 is 18.0 Å². The van der Waals surface area contributed by atoms with Gasteiger partial charge in [-0.2, -0.15) is 34.8 Å². The number of anilines is 1. The summed E-state index contributed by atoms with van der Waals surface area (Å²) < 4.78 is 107. The lowest BCUT2D eigenvalue weighted by Gasteiger charge is -2.12. The van der Waals surface area contributed by atoms with Gasteiger partial charge in [-0.1, -0.05) is 6.07 Å². The number of nitrogen functional groups attached to an aromatic ring is 1. The summed E-state index contributed by atoms with van der Waals surface area (Å²) in [6.07, 6.45) is -5.10. The minimum Gasteiger partial charge on any atom is -0.383 e. The number of aryl methyl sites for hydroxylation is 1. The number of hydrogen-bond donors (Lipinski definition) is 2. The lowest BCUT2D eigenvalue weighted by molar-refractivity contribution is -0.141. The number of fused-ring (bicyclic) bond motifs is 3. The maximum Gasteiger partial charge on any atom is 0.433 e. The molecule has 0 spiro atoms. The Hall–Kier alpha value is -4.51. The highest BCUT2D eigenvalue weighted by Crippen LogP contribution is 2.36. The van der Waals surface area contributed by atoms with E-state index in [9.17, 15) is 39.6 Å². The highest BCUT2D eigenvalue weighted by Gasteiger charge is 2.34. The van der Waals surface area contributed by atoms with Gasteiger partial charge in [-0.05, 0) is 35.9 Å². The van der Waals surface area contributed by atoms with Crippen LogP contribution in [-0.4, -0.2) is 43.3 Å². The first-order valence-corrected chi connectivity index (χ1v) is 13.0. The number of benzene rings is 1. The monoisotopic (exact) mass is 600 g/mol. The maximum atomic E-state index is 13.3. The Labute approximate surface area is 226 Å². The number of hydrogen-bond acceptors (Lipinski definition) is 7. The second-order valence-electron chi connectivity index (χ2n) is 8.69. The summed E-state index contributed by atoms with van der Waals surface area (Å²) >= 11 is 0. The molecule has 17 heteroatoms. The molecule has 0 fully saturated rings. The molecule has 41 heavy (non-hydrogen) atoms. The molecule has 5 aromatic rings. The minimum absolute atomic E-state index is 0.0741. The van der Waals surface area contributed by atoms with Crippen molar-refractivity contribution < 1.29 is 39.3 Å². The third-order valence-electron chi connectivity index (χ3n) is 5.74. The van der Waals surface area contributed by atoms with Crippen LogP contribution in [0.15, 0.2) is 59.8 Å². The second kappa shape index (κ2) is 10.2. The van der Waals surface area contributed by atoms with Crippen molar-refractivity contribution in [2.45, 2.75) is 12.4 Å². The van der Waals surface area contributed by atoms with E-state index in [0.29, 0.717) is 33.8 Å². The predicted molar refractivity (Wildman–Crippen MR) is 137 cm³/mol. The molecular weight excluding hydrogens is 582 g/mol. The zero-order valence-electron chi connectivity index (χ0n) is 20.9. The topological polar surface area (TPSA) is 146 Å². The van der Waals surface area contributed by atoms with Gasteiger partial charge in [-0.15, -0.1) is 0 Å². The van der Waals surface area contributed by atoms with Crippen LogP contribution in [0, 0.1) is 0 Å². The van der Waals surface area contributed by atoms with Gasteiger partial charge < -0.3 is 5.73 Å². The second-order valence-corrected chi connectivity index (χ2v) is 10.2. The molecule has 4 heterocycles. The first-order chi connectivity index (χ1) is 18.9. The van der Waals surface area contributed by atoms with Crippen molar-refractivity contribution in [2.75, 3.05) is 12.0 Å². The van der Waals surface area contributed by atoms with Crippen LogP contribution < -0.4 is 11.4 Å². The molecule has 216 valence electrons. The summed E-state index contributed by atoms with van der Waals surface area (Å²) in [6, 6.07) is 7.38. The highest BCUT2D eigenvalue weighted by molar-refractivity contribution is 7.85. The zero-order valence-corrected chi connectivity index (χ0v) is 21.7. The van der Waals surface area contributed by atoms with Gasteiger partial charge in [0.05, 0.1) is 46.5 Å². The molecule has 0 unspecified atom stereocenters. The molecule has 0 bridgehead atoms. The number of imidazole rings is 1. The normalized spacial score (nSPS) is 12.4. The fraction of sp³-hybridized carbons (Fsp3) is 0.167. The van der Waals surface area contributed by atoms with E-state index in [0.717, 1.165) is 24.4 Å². The Kier molecular flexibility index (Phi) is 7.30.